The summed E-state index contributed by atoms with van der Waals surface area (Å²) in [5, 5.41) is 10.3. The number of carbonyl (C=O) groups is 3. The molecule has 3 aliphatic heterocycles. The van der Waals surface area contributed by atoms with Crippen molar-refractivity contribution in [3.63, 3.8) is 0 Å². The maximum Gasteiger partial charge on any atom is 0.253 e. The molecule has 8 nitrogen and oxygen atoms in total. The van der Waals surface area contributed by atoms with Gasteiger partial charge in [0.25, 0.3) is 5.91 Å². The van der Waals surface area contributed by atoms with Crippen LogP contribution in [-0.2, 0) is 19.1 Å². The van der Waals surface area contributed by atoms with Gasteiger partial charge in [-0.3, -0.25) is 14.4 Å². The molecule has 1 N–H and O–H groups in total. The van der Waals surface area contributed by atoms with E-state index in [4.69, 9.17) is 16.3 Å². The number of halogens is 1. The summed E-state index contributed by atoms with van der Waals surface area (Å²) in [5.74, 6) is -2.61. The van der Waals surface area contributed by atoms with Crippen molar-refractivity contribution in [2.24, 2.45) is 17.8 Å². The van der Waals surface area contributed by atoms with Crippen LogP contribution in [-0.4, -0.2) is 83.2 Å². The molecule has 1 spiro atoms. The second-order valence-corrected chi connectivity index (χ2v) is 11.0. The van der Waals surface area contributed by atoms with Crippen LogP contribution in [0, 0.1) is 24.7 Å². The number of likely N-dealkylation sites (N-methyl/N-ethyl adjacent to an activating group) is 1. The fourth-order valence-corrected chi connectivity index (χ4v) is 7.12. The number of hydrogen-bond donors (Lipinski definition) is 1. The van der Waals surface area contributed by atoms with Crippen molar-refractivity contribution in [2.45, 2.75) is 44.4 Å². The van der Waals surface area contributed by atoms with Crippen LogP contribution in [0.2, 0.25) is 5.02 Å². The number of anilines is 1. The number of aryl methyl sites for hydroxylation is 1. The standard InChI is InChI=1S/C28H36ClN3O5/c1-7-12-30(6)24(34)20-21-25(35)32(14-15-33)23(28(21)16-18(4)27(20,5)37-28)26(36)31(13-8-2)22-17(3)10-9-11-19(22)29/h7-11,18,20-21,23,33H,1-2,12-16H2,3-6H3/t18?,20-,21-,23?,27+,28?/m0/s1. The van der Waals surface area contributed by atoms with Crippen LogP contribution < -0.4 is 4.90 Å². The lowest BCUT2D eigenvalue weighted by molar-refractivity contribution is -0.150. The summed E-state index contributed by atoms with van der Waals surface area (Å²) in [4.78, 5) is 46.7. The van der Waals surface area contributed by atoms with Crippen LogP contribution in [0.4, 0.5) is 5.69 Å². The first-order valence-electron chi connectivity index (χ1n) is 12.6. The van der Waals surface area contributed by atoms with E-state index in [2.05, 4.69) is 13.2 Å². The van der Waals surface area contributed by atoms with E-state index < -0.39 is 29.1 Å². The molecular weight excluding hydrogens is 494 g/mol. The Morgan fingerprint density at radius 1 is 1.27 bits per heavy atom. The van der Waals surface area contributed by atoms with E-state index in [1.807, 2.05) is 32.9 Å². The van der Waals surface area contributed by atoms with E-state index in [1.54, 1.807) is 30.2 Å². The molecule has 3 fully saturated rings. The van der Waals surface area contributed by atoms with Crippen LogP contribution in [0.1, 0.15) is 25.8 Å². The predicted molar refractivity (Wildman–Crippen MR) is 142 cm³/mol. The Labute approximate surface area is 223 Å². The molecule has 37 heavy (non-hydrogen) atoms. The van der Waals surface area contributed by atoms with Crippen molar-refractivity contribution in [3.8, 4) is 0 Å². The van der Waals surface area contributed by atoms with E-state index >= 15 is 0 Å². The molecule has 1 aromatic rings. The van der Waals surface area contributed by atoms with Crippen molar-refractivity contribution < 1.29 is 24.2 Å². The second kappa shape index (κ2) is 9.89. The SMILES string of the molecule is C=CCN(C)C(=O)[C@@H]1[C@H]2C(=O)N(CCO)C(C(=O)N(CC=C)c3c(C)cccc3Cl)C23CC(C)[C@@]1(C)O3. The summed E-state index contributed by atoms with van der Waals surface area (Å²) in [5.41, 5.74) is -0.789. The highest BCUT2D eigenvalue weighted by molar-refractivity contribution is 6.34. The Balaban J connectivity index is 1.86. The smallest absolute Gasteiger partial charge is 0.253 e. The van der Waals surface area contributed by atoms with E-state index in [-0.39, 0.29) is 43.3 Å². The summed E-state index contributed by atoms with van der Waals surface area (Å²) >= 11 is 6.56. The van der Waals surface area contributed by atoms with Crippen molar-refractivity contribution >= 4 is 35.0 Å². The highest BCUT2D eigenvalue weighted by Gasteiger charge is 2.80. The number of nitrogens with zero attached hydrogens (tertiary/aromatic N) is 3. The number of rotatable bonds is 9. The Morgan fingerprint density at radius 3 is 2.54 bits per heavy atom. The van der Waals surface area contributed by atoms with Gasteiger partial charge < -0.3 is 24.5 Å². The monoisotopic (exact) mass is 529 g/mol. The third-order valence-corrected chi connectivity index (χ3v) is 8.78. The van der Waals surface area contributed by atoms with E-state index in [9.17, 15) is 19.5 Å². The minimum Gasteiger partial charge on any atom is -0.395 e. The van der Waals surface area contributed by atoms with Gasteiger partial charge in [-0.15, -0.1) is 13.2 Å². The number of likely N-dealkylation sites (tertiary alicyclic amines) is 1. The normalized spacial score (nSPS) is 31.8. The van der Waals surface area contributed by atoms with Gasteiger partial charge in [0.2, 0.25) is 11.8 Å². The number of carbonyl (C=O) groups excluding carboxylic acids is 3. The van der Waals surface area contributed by atoms with Gasteiger partial charge in [0, 0.05) is 26.7 Å². The second-order valence-electron chi connectivity index (χ2n) is 10.6. The molecule has 6 atom stereocenters. The highest BCUT2D eigenvalue weighted by Crippen LogP contribution is 2.65. The van der Waals surface area contributed by atoms with Gasteiger partial charge in [-0.2, -0.15) is 0 Å². The molecule has 4 rings (SSSR count). The summed E-state index contributed by atoms with van der Waals surface area (Å²) < 4.78 is 6.73. The average Bonchev–Trinajstić information content (AvgIpc) is 3.35. The molecule has 3 unspecified atom stereocenters. The van der Waals surface area contributed by atoms with Crippen LogP contribution in [0.25, 0.3) is 0 Å². The van der Waals surface area contributed by atoms with Crippen LogP contribution in [0.3, 0.4) is 0 Å². The first-order valence-corrected chi connectivity index (χ1v) is 13.0. The number of β-amino-alcohol motifs (C(OH)–C–C–N with tert-alkyl or cyclic N) is 1. The first-order chi connectivity index (χ1) is 17.5. The molecule has 9 heteroatoms. The Hall–Kier alpha value is -2.68. The summed E-state index contributed by atoms with van der Waals surface area (Å²) in [6.07, 6.45) is 3.68. The Kier molecular flexibility index (Phi) is 7.31. The zero-order valence-corrected chi connectivity index (χ0v) is 22.7. The van der Waals surface area contributed by atoms with Crippen LogP contribution in [0.5, 0.6) is 0 Å². The van der Waals surface area contributed by atoms with Crippen molar-refractivity contribution in [3.05, 3.63) is 54.1 Å². The third kappa shape index (κ3) is 3.92. The van der Waals surface area contributed by atoms with Gasteiger partial charge in [-0.1, -0.05) is 42.8 Å². The number of para-hydroxylation sites is 1. The highest BCUT2D eigenvalue weighted by atomic mass is 35.5. The van der Waals surface area contributed by atoms with E-state index in [1.165, 1.54) is 9.80 Å². The number of amides is 3. The Bertz CT molecular complexity index is 1120. The first kappa shape index (κ1) is 27.4. The van der Waals surface area contributed by atoms with Crippen LogP contribution in [0.15, 0.2) is 43.5 Å². The molecular formula is C28H36ClN3O5. The maximum absolute atomic E-state index is 14.5. The number of hydrogen-bond acceptors (Lipinski definition) is 5. The number of aliphatic hydroxyl groups excluding tert-OH is 1. The number of benzene rings is 1. The molecule has 3 saturated heterocycles. The summed E-state index contributed by atoms with van der Waals surface area (Å²) in [7, 11) is 1.68. The number of aliphatic hydroxyl groups is 1. The van der Waals surface area contributed by atoms with Gasteiger partial charge in [0.15, 0.2) is 0 Å². The minimum atomic E-state index is -1.21. The van der Waals surface area contributed by atoms with Gasteiger partial charge in [-0.05, 0) is 37.8 Å². The molecule has 3 heterocycles. The molecule has 0 radical (unpaired) electrons. The lowest BCUT2D eigenvalue weighted by Gasteiger charge is -2.38. The quantitative estimate of drug-likeness (QED) is 0.497. The molecule has 2 bridgehead atoms. The molecule has 200 valence electrons. The maximum atomic E-state index is 14.5. The molecule has 3 amide bonds. The molecule has 1 aromatic carbocycles. The lowest BCUT2D eigenvalue weighted by Crippen LogP contribution is -2.57. The van der Waals surface area contributed by atoms with Crippen molar-refractivity contribution in [1.82, 2.24) is 9.80 Å². The molecule has 0 saturated carbocycles. The summed E-state index contributed by atoms with van der Waals surface area (Å²) in [6, 6.07) is 4.36. The number of fused-ring (bicyclic) bond motifs is 1. The predicted octanol–water partition coefficient (Wildman–Crippen LogP) is 2.81. The third-order valence-electron chi connectivity index (χ3n) is 8.47. The van der Waals surface area contributed by atoms with Crippen molar-refractivity contribution in [1.29, 1.82) is 0 Å². The average molecular weight is 530 g/mol. The van der Waals surface area contributed by atoms with E-state index in [0.717, 1.165) is 5.56 Å². The lowest BCUT2D eigenvalue weighted by atomic mass is 9.62. The minimum absolute atomic E-state index is 0.0468. The number of ether oxygens (including phenoxy) is 1. The van der Waals surface area contributed by atoms with Gasteiger partial charge in [0.1, 0.15) is 11.6 Å². The molecule has 3 aliphatic rings. The van der Waals surface area contributed by atoms with Crippen LogP contribution >= 0.6 is 11.6 Å². The Morgan fingerprint density at radius 2 is 1.95 bits per heavy atom. The van der Waals surface area contributed by atoms with Gasteiger partial charge in [-0.25, -0.2) is 0 Å². The molecule has 0 aliphatic carbocycles. The molecule has 0 aromatic heterocycles. The zero-order valence-electron chi connectivity index (χ0n) is 21.9. The summed E-state index contributed by atoms with van der Waals surface area (Å²) in [6.45, 7) is 13.4. The fourth-order valence-electron chi connectivity index (χ4n) is 6.80. The zero-order chi connectivity index (χ0) is 27.3. The fraction of sp³-hybridized carbons (Fsp3) is 0.536. The van der Waals surface area contributed by atoms with Gasteiger partial charge >= 0.3 is 0 Å². The van der Waals surface area contributed by atoms with Gasteiger partial charge in [0.05, 0.1) is 34.8 Å². The topological polar surface area (TPSA) is 90.4 Å². The largest absolute Gasteiger partial charge is 0.395 e. The van der Waals surface area contributed by atoms with Crippen molar-refractivity contribution in [2.75, 3.05) is 38.2 Å². The van der Waals surface area contributed by atoms with E-state index in [0.29, 0.717) is 23.7 Å².